The normalized spacial score (nSPS) is 16.7. The van der Waals surface area contributed by atoms with Crippen molar-refractivity contribution in [2.24, 2.45) is 5.92 Å². The smallest absolute Gasteiger partial charge is 0.323 e. The van der Waals surface area contributed by atoms with Crippen LogP contribution in [0.5, 0.6) is 0 Å². The minimum absolute atomic E-state index is 0.00993. The third-order valence-electron chi connectivity index (χ3n) is 5.15. The Kier molecular flexibility index (Phi) is 6.31. The van der Waals surface area contributed by atoms with Gasteiger partial charge in [0.05, 0.1) is 23.5 Å². The number of pyridine rings is 2. The number of aromatic nitrogens is 2. The van der Waals surface area contributed by atoms with Crippen molar-refractivity contribution >= 4 is 23.3 Å². The van der Waals surface area contributed by atoms with E-state index in [0.717, 1.165) is 29.6 Å². The first-order valence-corrected chi connectivity index (χ1v) is 9.77. The van der Waals surface area contributed by atoms with E-state index < -0.39 is 18.1 Å². The summed E-state index contributed by atoms with van der Waals surface area (Å²) in [6.45, 7) is 4.87. The number of anilines is 2. The monoisotopic (exact) mass is 398 g/mol. The number of carbonyl (C=O) groups excluding carboxylic acids is 1. The van der Waals surface area contributed by atoms with Gasteiger partial charge in [-0.3, -0.25) is 19.4 Å². The van der Waals surface area contributed by atoms with Gasteiger partial charge in [-0.1, -0.05) is 13.8 Å². The summed E-state index contributed by atoms with van der Waals surface area (Å²) < 4.78 is 1.10. The molecule has 3 rings (SSSR count). The van der Waals surface area contributed by atoms with Crippen molar-refractivity contribution in [1.29, 1.82) is 0 Å². The van der Waals surface area contributed by atoms with E-state index in [-0.39, 0.29) is 17.7 Å². The molecule has 29 heavy (non-hydrogen) atoms. The van der Waals surface area contributed by atoms with Crippen LogP contribution in [0.2, 0.25) is 0 Å². The number of piperidine rings is 1. The number of amides is 1. The van der Waals surface area contributed by atoms with Crippen LogP contribution in [0.3, 0.4) is 0 Å². The topological polar surface area (TPSA) is 105 Å². The molecule has 1 atom stereocenters. The summed E-state index contributed by atoms with van der Waals surface area (Å²) in [6.07, 6.45) is 6.61. The highest BCUT2D eigenvalue weighted by molar-refractivity contribution is 5.93. The molecule has 1 saturated heterocycles. The van der Waals surface area contributed by atoms with Crippen molar-refractivity contribution in [1.82, 2.24) is 9.55 Å². The fourth-order valence-electron chi connectivity index (χ4n) is 3.64. The molecule has 0 aliphatic carbocycles. The van der Waals surface area contributed by atoms with Gasteiger partial charge in [-0.05, 0) is 36.5 Å². The molecule has 2 N–H and O–H groups in total. The second-order valence-electron chi connectivity index (χ2n) is 7.64. The van der Waals surface area contributed by atoms with Gasteiger partial charge in [-0.25, -0.2) is 0 Å². The maximum atomic E-state index is 13.0. The highest BCUT2D eigenvalue weighted by Gasteiger charge is 2.27. The van der Waals surface area contributed by atoms with Crippen LogP contribution in [-0.2, 0) is 16.1 Å². The summed E-state index contributed by atoms with van der Waals surface area (Å²) >= 11 is 0. The van der Waals surface area contributed by atoms with Crippen LogP contribution < -0.4 is 15.8 Å². The van der Waals surface area contributed by atoms with Gasteiger partial charge in [-0.2, -0.15) is 0 Å². The van der Waals surface area contributed by atoms with Crippen LogP contribution in [-0.4, -0.2) is 39.6 Å². The lowest BCUT2D eigenvalue weighted by Gasteiger charge is -2.33. The first-order chi connectivity index (χ1) is 13.8. The summed E-state index contributed by atoms with van der Waals surface area (Å²) in [5.74, 6) is -1.43. The van der Waals surface area contributed by atoms with Gasteiger partial charge in [0.2, 0.25) is 5.91 Å². The summed E-state index contributed by atoms with van der Waals surface area (Å²) in [5.41, 5.74) is 1.78. The zero-order chi connectivity index (χ0) is 21.0. The number of carboxylic acid groups (broad SMARTS) is 1. The molecular formula is C21H26N4O4. The van der Waals surface area contributed by atoms with Crippen LogP contribution in [0.15, 0.2) is 41.6 Å². The highest BCUT2D eigenvalue weighted by atomic mass is 16.4. The summed E-state index contributed by atoms with van der Waals surface area (Å²) in [7, 11) is 0. The maximum Gasteiger partial charge on any atom is 0.323 e. The molecule has 2 aromatic heterocycles. The Labute approximate surface area is 169 Å². The second-order valence-corrected chi connectivity index (χ2v) is 7.64. The first kappa shape index (κ1) is 20.6. The van der Waals surface area contributed by atoms with Crippen LogP contribution >= 0.6 is 0 Å². The lowest BCUT2D eigenvalue weighted by Crippen LogP contribution is -2.41. The van der Waals surface area contributed by atoms with Gasteiger partial charge >= 0.3 is 5.97 Å². The fourth-order valence-corrected chi connectivity index (χ4v) is 3.64. The molecule has 0 saturated carbocycles. The predicted molar refractivity (Wildman–Crippen MR) is 110 cm³/mol. The molecule has 2 aromatic rings. The van der Waals surface area contributed by atoms with Crippen LogP contribution in [0, 0.1) is 5.92 Å². The number of carbonyl (C=O) groups is 2. The van der Waals surface area contributed by atoms with Crippen molar-refractivity contribution in [3.63, 3.8) is 0 Å². The van der Waals surface area contributed by atoms with Gasteiger partial charge < -0.3 is 19.9 Å². The van der Waals surface area contributed by atoms with E-state index >= 15 is 0 Å². The number of hydrogen-bond donors (Lipinski definition) is 2. The standard InChI is InChI=1S/C21H26N4O4/c1-14(2)17-9-19(26)25(13-20(27)28)12-18(17)23-21(29)15-5-4-8-24(11-15)16-6-3-7-22-10-16/h3,6-7,9-10,12,14-15H,4-5,8,11,13H2,1-2H3,(H,23,29)(H,27,28)/t15-/m0/s1. The highest BCUT2D eigenvalue weighted by Crippen LogP contribution is 2.26. The average Bonchev–Trinajstić information content (AvgIpc) is 2.70. The van der Waals surface area contributed by atoms with E-state index in [9.17, 15) is 14.4 Å². The third kappa shape index (κ3) is 5.01. The molecule has 0 bridgehead atoms. The quantitative estimate of drug-likeness (QED) is 0.774. The third-order valence-corrected chi connectivity index (χ3v) is 5.15. The lowest BCUT2D eigenvalue weighted by molar-refractivity contribution is -0.137. The van der Waals surface area contributed by atoms with E-state index in [1.54, 1.807) is 12.4 Å². The number of aliphatic carboxylic acids is 1. The molecule has 8 nitrogen and oxygen atoms in total. The summed E-state index contributed by atoms with van der Waals surface area (Å²) in [4.78, 5) is 42.5. The van der Waals surface area contributed by atoms with E-state index in [0.29, 0.717) is 17.8 Å². The van der Waals surface area contributed by atoms with Crippen molar-refractivity contribution < 1.29 is 14.7 Å². The molecule has 8 heteroatoms. The summed E-state index contributed by atoms with van der Waals surface area (Å²) in [5, 5.41) is 12.0. The zero-order valence-corrected chi connectivity index (χ0v) is 16.7. The number of carboxylic acids is 1. The predicted octanol–water partition coefficient (Wildman–Crippen LogP) is 2.31. The number of nitrogens with one attached hydrogen (secondary N) is 1. The minimum Gasteiger partial charge on any atom is -0.480 e. The molecule has 1 aliphatic rings. The van der Waals surface area contributed by atoms with Gasteiger partial charge in [0.15, 0.2) is 0 Å². The first-order valence-electron chi connectivity index (χ1n) is 9.77. The van der Waals surface area contributed by atoms with Crippen LogP contribution in [0.4, 0.5) is 11.4 Å². The minimum atomic E-state index is -1.11. The fraction of sp³-hybridized carbons (Fsp3) is 0.429. The van der Waals surface area contributed by atoms with Crippen molar-refractivity contribution in [3.8, 4) is 0 Å². The van der Waals surface area contributed by atoms with E-state index in [1.807, 2.05) is 26.0 Å². The van der Waals surface area contributed by atoms with E-state index in [2.05, 4.69) is 15.2 Å². The SMILES string of the molecule is CC(C)c1cc(=O)n(CC(=O)O)cc1NC(=O)[C@H]1CCCN(c2cccnc2)C1. The lowest BCUT2D eigenvalue weighted by atomic mass is 9.96. The molecule has 1 amide bonds. The van der Waals surface area contributed by atoms with Crippen molar-refractivity contribution in [2.75, 3.05) is 23.3 Å². The number of nitrogens with zero attached hydrogens (tertiary/aromatic N) is 3. The zero-order valence-electron chi connectivity index (χ0n) is 16.7. The molecular weight excluding hydrogens is 372 g/mol. The maximum absolute atomic E-state index is 13.0. The van der Waals surface area contributed by atoms with Crippen molar-refractivity contribution in [3.05, 3.63) is 52.7 Å². The second kappa shape index (κ2) is 8.89. The molecule has 0 aromatic carbocycles. The Morgan fingerprint density at radius 2 is 2.17 bits per heavy atom. The number of rotatable bonds is 6. The summed E-state index contributed by atoms with van der Waals surface area (Å²) in [6, 6.07) is 5.26. The van der Waals surface area contributed by atoms with Gasteiger partial charge in [0, 0.05) is 31.5 Å². The van der Waals surface area contributed by atoms with Crippen LogP contribution in [0.25, 0.3) is 0 Å². The van der Waals surface area contributed by atoms with Crippen molar-refractivity contribution in [2.45, 2.75) is 39.2 Å². The molecule has 1 fully saturated rings. The molecule has 3 heterocycles. The Hall–Kier alpha value is -3.16. The molecule has 154 valence electrons. The Morgan fingerprint density at radius 1 is 1.38 bits per heavy atom. The van der Waals surface area contributed by atoms with E-state index in [1.165, 1.54) is 12.3 Å². The van der Waals surface area contributed by atoms with Gasteiger partial charge in [-0.15, -0.1) is 0 Å². The molecule has 1 aliphatic heterocycles. The van der Waals surface area contributed by atoms with Crippen LogP contribution in [0.1, 0.15) is 38.2 Å². The average molecular weight is 398 g/mol. The molecule has 0 radical (unpaired) electrons. The number of hydrogen-bond acceptors (Lipinski definition) is 5. The van der Waals surface area contributed by atoms with E-state index in [4.69, 9.17) is 5.11 Å². The largest absolute Gasteiger partial charge is 0.480 e. The Morgan fingerprint density at radius 3 is 2.83 bits per heavy atom. The Bertz CT molecular complexity index is 939. The molecule has 0 spiro atoms. The van der Waals surface area contributed by atoms with Gasteiger partial charge in [0.1, 0.15) is 6.54 Å². The Balaban J connectivity index is 1.80. The molecule has 0 unspecified atom stereocenters. The van der Waals surface area contributed by atoms with Gasteiger partial charge in [0.25, 0.3) is 5.56 Å².